The Hall–Kier alpha value is -0.200. The summed E-state index contributed by atoms with van der Waals surface area (Å²) in [6.45, 7) is 10.2. The third-order valence-electron chi connectivity index (χ3n) is 1.79. The van der Waals surface area contributed by atoms with Gasteiger partial charge in [-0.25, -0.2) is 0 Å². The number of hydrogen-bond donors (Lipinski definition) is 0. The first-order valence-electron chi connectivity index (χ1n) is 6.44. The quantitative estimate of drug-likeness (QED) is 0.496. The van der Waals surface area contributed by atoms with Crippen LogP contribution in [0.3, 0.4) is 0 Å². The molecule has 103 valence electrons. The van der Waals surface area contributed by atoms with Gasteiger partial charge in [0.15, 0.2) is 0 Å². The molecular formula is C12H26NO4. The lowest BCUT2D eigenvalue weighted by Gasteiger charge is -2.23. The number of hydrogen-bond acceptors (Lipinski definition) is 4. The van der Waals surface area contributed by atoms with Crippen molar-refractivity contribution >= 4 is 0 Å². The molecule has 0 aromatic carbocycles. The molecule has 0 N–H and O–H groups in total. The fourth-order valence-corrected chi connectivity index (χ4v) is 1.09. The summed E-state index contributed by atoms with van der Waals surface area (Å²) in [7, 11) is 0. The molecule has 0 amide bonds. The maximum absolute atomic E-state index is 5.44. The summed E-state index contributed by atoms with van der Waals surface area (Å²) in [5, 5.41) is 4.24. The Labute approximate surface area is 105 Å². The summed E-state index contributed by atoms with van der Waals surface area (Å²) in [5.74, 6) is 0. The van der Waals surface area contributed by atoms with Crippen LogP contribution in [0.15, 0.2) is 0 Å². The van der Waals surface area contributed by atoms with E-state index in [-0.39, 0.29) is 0 Å². The van der Waals surface area contributed by atoms with Crippen LogP contribution >= 0.6 is 0 Å². The second kappa shape index (κ2) is 12.3. The number of nitrogens with zero attached hydrogens (tertiary/aromatic N) is 1. The second-order valence-electron chi connectivity index (χ2n) is 3.42. The predicted molar refractivity (Wildman–Crippen MR) is 65.4 cm³/mol. The summed E-state index contributed by atoms with van der Waals surface area (Å²) < 4.78 is 21.6. The topological polar surface area (TPSA) is 51.0 Å². The lowest BCUT2D eigenvalue weighted by atomic mass is 10.5. The summed E-state index contributed by atoms with van der Waals surface area (Å²) >= 11 is 0. The van der Waals surface area contributed by atoms with Crippen LogP contribution in [0.4, 0.5) is 0 Å². The van der Waals surface area contributed by atoms with Crippen LogP contribution < -0.4 is 5.32 Å². The Bertz CT molecular complexity index is 141. The highest BCUT2D eigenvalue weighted by Crippen LogP contribution is 2.01. The molecule has 0 saturated heterocycles. The van der Waals surface area contributed by atoms with Gasteiger partial charge in [-0.2, -0.15) is 0 Å². The fraction of sp³-hybridized carbons (Fsp3) is 1.00. The van der Waals surface area contributed by atoms with Gasteiger partial charge in [0.25, 0.3) is 0 Å². The van der Waals surface area contributed by atoms with E-state index in [0.717, 1.165) is 12.8 Å². The summed E-state index contributed by atoms with van der Waals surface area (Å²) in [6.07, 6.45) is 0.643. The van der Waals surface area contributed by atoms with Crippen molar-refractivity contribution in [2.45, 2.75) is 53.4 Å². The molecule has 0 aliphatic rings. The molecule has 0 heterocycles. The monoisotopic (exact) mass is 248 g/mol. The molecule has 2 atom stereocenters. The highest BCUT2D eigenvalue weighted by molar-refractivity contribution is 4.44. The SMILES string of the molecule is CCCOC([N]C(OCC)OCCC)OCC. The van der Waals surface area contributed by atoms with Crippen LogP contribution in [0, 0.1) is 0 Å². The van der Waals surface area contributed by atoms with E-state index in [1.54, 1.807) is 0 Å². The molecule has 0 aliphatic carbocycles. The molecule has 0 fully saturated rings. The van der Waals surface area contributed by atoms with Gasteiger partial charge in [0.05, 0.1) is 13.2 Å². The Morgan fingerprint density at radius 3 is 1.41 bits per heavy atom. The standard InChI is InChI=1S/C12H26NO4/c1-5-9-16-11(14-7-3)13-12(15-8-4)17-10-6-2/h11-12H,5-10H2,1-4H3. The molecule has 1 radical (unpaired) electrons. The van der Waals surface area contributed by atoms with Crippen molar-refractivity contribution in [1.82, 2.24) is 5.32 Å². The molecule has 5 nitrogen and oxygen atoms in total. The Balaban J connectivity index is 4.02. The molecule has 0 bridgehead atoms. The van der Waals surface area contributed by atoms with Crippen molar-refractivity contribution in [3.8, 4) is 0 Å². The average molecular weight is 248 g/mol. The van der Waals surface area contributed by atoms with E-state index >= 15 is 0 Å². The molecule has 0 spiro atoms. The summed E-state index contributed by atoms with van der Waals surface area (Å²) in [5.41, 5.74) is 0. The largest absolute Gasteiger partial charge is 0.339 e. The van der Waals surface area contributed by atoms with Crippen molar-refractivity contribution in [2.24, 2.45) is 0 Å². The van der Waals surface area contributed by atoms with Crippen molar-refractivity contribution in [2.75, 3.05) is 26.4 Å². The van der Waals surface area contributed by atoms with Crippen LogP contribution in [0.5, 0.6) is 0 Å². The molecule has 17 heavy (non-hydrogen) atoms. The molecule has 0 aliphatic heterocycles. The minimum Gasteiger partial charge on any atom is -0.339 e. The van der Waals surface area contributed by atoms with Gasteiger partial charge < -0.3 is 18.9 Å². The minimum atomic E-state index is -0.603. The van der Waals surface area contributed by atoms with Crippen LogP contribution in [0.2, 0.25) is 0 Å². The van der Waals surface area contributed by atoms with Crippen LogP contribution in [-0.2, 0) is 18.9 Å². The van der Waals surface area contributed by atoms with E-state index in [1.807, 2.05) is 27.7 Å². The molecule has 0 rings (SSSR count). The van der Waals surface area contributed by atoms with Gasteiger partial charge >= 0.3 is 0 Å². The third-order valence-corrected chi connectivity index (χ3v) is 1.79. The zero-order chi connectivity index (χ0) is 12.9. The Morgan fingerprint density at radius 2 is 1.12 bits per heavy atom. The van der Waals surface area contributed by atoms with E-state index < -0.39 is 12.8 Å². The molecule has 0 aromatic heterocycles. The summed E-state index contributed by atoms with van der Waals surface area (Å²) in [4.78, 5) is 0. The molecular weight excluding hydrogens is 222 g/mol. The lowest BCUT2D eigenvalue weighted by molar-refractivity contribution is -0.238. The van der Waals surface area contributed by atoms with Gasteiger partial charge in [0.1, 0.15) is 0 Å². The van der Waals surface area contributed by atoms with Gasteiger partial charge in [0.2, 0.25) is 12.8 Å². The molecule has 2 unspecified atom stereocenters. The highest BCUT2D eigenvalue weighted by atomic mass is 16.7. The maximum atomic E-state index is 5.44. The minimum absolute atomic E-state index is 0.546. The van der Waals surface area contributed by atoms with E-state index in [2.05, 4.69) is 5.32 Å². The number of rotatable bonds is 12. The zero-order valence-corrected chi connectivity index (χ0v) is 11.5. The first-order valence-corrected chi connectivity index (χ1v) is 6.44. The second-order valence-corrected chi connectivity index (χ2v) is 3.42. The van der Waals surface area contributed by atoms with Gasteiger partial charge in [-0.15, -0.1) is 5.32 Å². The summed E-state index contributed by atoms with van der Waals surface area (Å²) in [6, 6.07) is 0. The predicted octanol–water partition coefficient (Wildman–Crippen LogP) is 2.08. The van der Waals surface area contributed by atoms with Crippen molar-refractivity contribution < 1.29 is 18.9 Å². The van der Waals surface area contributed by atoms with E-state index in [0.29, 0.717) is 26.4 Å². The zero-order valence-electron chi connectivity index (χ0n) is 11.5. The maximum Gasteiger partial charge on any atom is 0.236 e. The van der Waals surface area contributed by atoms with Crippen LogP contribution in [0.25, 0.3) is 0 Å². The van der Waals surface area contributed by atoms with Gasteiger partial charge in [0, 0.05) is 13.2 Å². The first kappa shape index (κ1) is 16.8. The van der Waals surface area contributed by atoms with Gasteiger partial charge in [-0.05, 0) is 26.7 Å². The van der Waals surface area contributed by atoms with Crippen molar-refractivity contribution in [3.05, 3.63) is 0 Å². The molecule has 5 heteroatoms. The average Bonchev–Trinajstić information content (AvgIpc) is 2.33. The van der Waals surface area contributed by atoms with E-state index in [9.17, 15) is 0 Å². The smallest absolute Gasteiger partial charge is 0.236 e. The van der Waals surface area contributed by atoms with Gasteiger partial charge in [-0.3, -0.25) is 0 Å². The highest BCUT2D eigenvalue weighted by Gasteiger charge is 2.18. The van der Waals surface area contributed by atoms with E-state index in [1.165, 1.54) is 0 Å². The van der Waals surface area contributed by atoms with Gasteiger partial charge in [-0.1, -0.05) is 13.8 Å². The van der Waals surface area contributed by atoms with Crippen LogP contribution in [0.1, 0.15) is 40.5 Å². The normalized spacial score (nSPS) is 14.8. The third kappa shape index (κ3) is 9.50. The van der Waals surface area contributed by atoms with Crippen molar-refractivity contribution in [1.29, 1.82) is 0 Å². The van der Waals surface area contributed by atoms with E-state index in [4.69, 9.17) is 18.9 Å². The molecule has 0 saturated carbocycles. The van der Waals surface area contributed by atoms with Crippen LogP contribution in [-0.4, -0.2) is 39.3 Å². The Kier molecular flexibility index (Phi) is 12.1. The lowest BCUT2D eigenvalue weighted by Crippen LogP contribution is -2.39. The fourth-order valence-electron chi connectivity index (χ4n) is 1.09. The van der Waals surface area contributed by atoms with Crippen molar-refractivity contribution in [3.63, 3.8) is 0 Å². The number of ether oxygens (including phenoxy) is 4. The molecule has 0 aromatic rings. The Morgan fingerprint density at radius 1 is 0.706 bits per heavy atom. The first-order chi connectivity index (χ1) is 8.28.